The SMILES string of the molecule is CC(Cl)C[C@@H]1C[C@@H](C(=O)NC(CC2CC2)C(=O)C(N)=O)N(C(=O)[C@@H](NC(=O)NC2CCCCC2)C2CCCCC2)C1. The molecular formula is C30H48ClN5O5. The summed E-state index contributed by atoms with van der Waals surface area (Å²) in [6.45, 7) is 2.24. The summed E-state index contributed by atoms with van der Waals surface area (Å²) in [7, 11) is 0. The molecule has 5 N–H and O–H groups in total. The van der Waals surface area contributed by atoms with Gasteiger partial charge in [0.05, 0.1) is 6.04 Å². The number of amides is 5. The molecule has 4 aliphatic rings. The fourth-order valence-corrected chi connectivity index (χ4v) is 7.30. The standard InChI is InChI=1S/C30H48ClN5O5/c1-18(31)14-20-16-24(28(39)34-23(15-19-12-13-19)26(37)27(32)38)36(17-20)29(40)25(21-8-4-2-5-9-21)35-30(41)33-22-10-6-3-7-11-22/h18-25H,2-17H2,1H3,(H2,32,38)(H,34,39)(H2,33,35,41)/t18?,20-,23?,24+,25+/m1/s1. The molecule has 0 spiro atoms. The Morgan fingerprint density at radius 3 is 2.07 bits per heavy atom. The zero-order valence-corrected chi connectivity index (χ0v) is 25.1. The van der Waals surface area contributed by atoms with E-state index in [1.165, 1.54) is 6.42 Å². The number of likely N-dealkylation sites (tertiary alicyclic amines) is 1. The molecule has 0 aromatic rings. The molecule has 2 unspecified atom stereocenters. The summed E-state index contributed by atoms with van der Waals surface area (Å²) in [4.78, 5) is 66.9. The predicted molar refractivity (Wildman–Crippen MR) is 156 cm³/mol. The predicted octanol–water partition coefficient (Wildman–Crippen LogP) is 3.14. The fraction of sp³-hybridized carbons (Fsp3) is 0.833. The Bertz CT molecular complexity index is 961. The molecule has 1 saturated heterocycles. The molecule has 3 saturated carbocycles. The van der Waals surface area contributed by atoms with Crippen LogP contribution in [0.3, 0.4) is 0 Å². The summed E-state index contributed by atoms with van der Waals surface area (Å²) in [5, 5.41) is 8.73. The number of hydrogen-bond acceptors (Lipinski definition) is 5. The third-order valence-corrected chi connectivity index (χ3v) is 9.57. The van der Waals surface area contributed by atoms with Gasteiger partial charge in [-0.2, -0.15) is 0 Å². The van der Waals surface area contributed by atoms with Gasteiger partial charge >= 0.3 is 6.03 Å². The van der Waals surface area contributed by atoms with E-state index in [9.17, 15) is 24.0 Å². The second-order valence-corrected chi connectivity index (χ2v) is 13.7. The number of nitrogens with two attached hydrogens (primary N) is 1. The number of nitrogens with one attached hydrogen (secondary N) is 3. The van der Waals surface area contributed by atoms with Crippen LogP contribution in [0.5, 0.6) is 0 Å². The number of hydrogen-bond donors (Lipinski definition) is 4. The van der Waals surface area contributed by atoms with E-state index < -0.39 is 35.7 Å². The molecule has 0 aromatic carbocycles. The Kier molecular flexibility index (Phi) is 11.3. The molecule has 1 aliphatic heterocycles. The maximum Gasteiger partial charge on any atom is 0.315 e. The van der Waals surface area contributed by atoms with Crippen molar-refractivity contribution in [2.75, 3.05) is 6.54 Å². The number of carbonyl (C=O) groups is 5. The smallest absolute Gasteiger partial charge is 0.315 e. The van der Waals surface area contributed by atoms with Gasteiger partial charge in [0, 0.05) is 18.0 Å². The molecule has 41 heavy (non-hydrogen) atoms. The number of urea groups is 1. The van der Waals surface area contributed by atoms with Crippen LogP contribution >= 0.6 is 11.6 Å². The number of carbonyl (C=O) groups excluding carboxylic acids is 5. The highest BCUT2D eigenvalue weighted by atomic mass is 35.5. The third kappa shape index (κ3) is 9.06. The molecule has 1 heterocycles. The molecule has 5 atom stereocenters. The van der Waals surface area contributed by atoms with Crippen molar-refractivity contribution in [3.63, 3.8) is 0 Å². The van der Waals surface area contributed by atoms with E-state index in [4.69, 9.17) is 17.3 Å². The lowest BCUT2D eigenvalue weighted by atomic mass is 9.83. The minimum atomic E-state index is -1.07. The minimum Gasteiger partial charge on any atom is -0.363 e. The monoisotopic (exact) mass is 593 g/mol. The largest absolute Gasteiger partial charge is 0.363 e. The molecule has 10 nitrogen and oxygen atoms in total. The van der Waals surface area contributed by atoms with Crippen molar-refractivity contribution in [3.8, 4) is 0 Å². The van der Waals surface area contributed by atoms with Crippen LogP contribution in [-0.4, -0.2) is 70.5 Å². The van der Waals surface area contributed by atoms with Gasteiger partial charge in [-0.3, -0.25) is 19.2 Å². The highest BCUT2D eigenvalue weighted by Gasteiger charge is 2.45. The van der Waals surface area contributed by atoms with Crippen molar-refractivity contribution < 1.29 is 24.0 Å². The zero-order valence-electron chi connectivity index (χ0n) is 24.4. The minimum absolute atomic E-state index is 0.000930. The van der Waals surface area contributed by atoms with Crippen LogP contribution in [0.1, 0.15) is 103 Å². The van der Waals surface area contributed by atoms with Crippen LogP contribution in [0.15, 0.2) is 0 Å². The fourth-order valence-electron chi connectivity index (χ4n) is 7.05. The van der Waals surface area contributed by atoms with Gasteiger partial charge in [0.1, 0.15) is 12.1 Å². The van der Waals surface area contributed by atoms with Gasteiger partial charge in [0.2, 0.25) is 17.6 Å². The van der Waals surface area contributed by atoms with E-state index in [-0.39, 0.29) is 41.1 Å². The Labute approximate surface area is 248 Å². The van der Waals surface area contributed by atoms with Crippen molar-refractivity contribution in [1.29, 1.82) is 0 Å². The third-order valence-electron chi connectivity index (χ3n) is 9.39. The van der Waals surface area contributed by atoms with Crippen LogP contribution in [0.4, 0.5) is 4.79 Å². The molecule has 4 fully saturated rings. The van der Waals surface area contributed by atoms with Gasteiger partial charge in [0.25, 0.3) is 5.91 Å². The Balaban J connectivity index is 1.52. The first-order chi connectivity index (χ1) is 19.6. The maximum atomic E-state index is 14.3. The molecule has 0 aromatic heterocycles. The van der Waals surface area contributed by atoms with Crippen molar-refractivity contribution in [2.24, 2.45) is 23.5 Å². The molecule has 5 amide bonds. The number of nitrogens with zero attached hydrogens (tertiary/aromatic N) is 1. The molecule has 0 radical (unpaired) electrons. The number of primary amides is 1. The molecule has 3 aliphatic carbocycles. The number of rotatable bonds is 12. The van der Waals surface area contributed by atoms with Crippen molar-refractivity contribution >= 4 is 41.1 Å². The van der Waals surface area contributed by atoms with Gasteiger partial charge in [-0.15, -0.1) is 11.6 Å². The van der Waals surface area contributed by atoms with Crippen LogP contribution in [0.2, 0.25) is 0 Å². The van der Waals surface area contributed by atoms with Crippen molar-refractivity contribution in [1.82, 2.24) is 20.9 Å². The number of Topliss-reactive ketones (excluding diaryl/α,β-unsaturated/α-hetero) is 1. The highest BCUT2D eigenvalue weighted by Crippen LogP contribution is 2.35. The summed E-state index contributed by atoms with van der Waals surface area (Å²) in [6.07, 6.45) is 13.3. The number of halogens is 1. The van der Waals surface area contributed by atoms with E-state index in [2.05, 4.69) is 16.0 Å². The topological polar surface area (TPSA) is 151 Å². The van der Waals surface area contributed by atoms with E-state index in [0.29, 0.717) is 25.8 Å². The molecule has 4 rings (SSSR count). The summed E-state index contributed by atoms with van der Waals surface area (Å²) >= 11 is 6.32. The lowest BCUT2D eigenvalue weighted by Gasteiger charge is -2.35. The zero-order chi connectivity index (χ0) is 29.5. The quantitative estimate of drug-likeness (QED) is 0.202. The lowest BCUT2D eigenvalue weighted by Crippen LogP contribution is -2.59. The summed E-state index contributed by atoms with van der Waals surface area (Å²) in [5.41, 5.74) is 5.29. The van der Waals surface area contributed by atoms with E-state index >= 15 is 0 Å². The van der Waals surface area contributed by atoms with Crippen molar-refractivity contribution in [2.45, 2.75) is 133 Å². The van der Waals surface area contributed by atoms with E-state index in [1.54, 1.807) is 4.90 Å². The van der Waals surface area contributed by atoms with Gasteiger partial charge in [0.15, 0.2) is 0 Å². The number of alkyl halides is 1. The van der Waals surface area contributed by atoms with E-state index in [0.717, 1.165) is 70.6 Å². The van der Waals surface area contributed by atoms with E-state index in [1.807, 2.05) is 6.92 Å². The van der Waals surface area contributed by atoms with Crippen LogP contribution in [0, 0.1) is 17.8 Å². The highest BCUT2D eigenvalue weighted by molar-refractivity contribution is 6.37. The van der Waals surface area contributed by atoms with Crippen molar-refractivity contribution in [3.05, 3.63) is 0 Å². The number of ketones is 1. The average Bonchev–Trinajstić information content (AvgIpc) is 3.67. The summed E-state index contributed by atoms with van der Waals surface area (Å²) in [6, 6.07) is -2.78. The second kappa shape index (κ2) is 14.7. The summed E-state index contributed by atoms with van der Waals surface area (Å²) < 4.78 is 0. The average molecular weight is 594 g/mol. The first-order valence-electron chi connectivity index (χ1n) is 15.8. The van der Waals surface area contributed by atoms with Gasteiger partial charge in [-0.1, -0.05) is 51.4 Å². The maximum absolute atomic E-state index is 14.3. The van der Waals surface area contributed by atoms with Crippen LogP contribution < -0.4 is 21.7 Å². The lowest BCUT2D eigenvalue weighted by molar-refractivity contribution is -0.143. The van der Waals surface area contributed by atoms with Gasteiger partial charge in [-0.05, 0) is 69.6 Å². The second-order valence-electron chi connectivity index (χ2n) is 12.9. The normalized spacial score (nSPS) is 26.0. The van der Waals surface area contributed by atoms with Crippen LogP contribution in [0.25, 0.3) is 0 Å². The Morgan fingerprint density at radius 1 is 0.854 bits per heavy atom. The molecular weight excluding hydrogens is 546 g/mol. The Morgan fingerprint density at radius 2 is 1.49 bits per heavy atom. The first kappa shape index (κ1) is 31.6. The Hall–Kier alpha value is -2.36. The molecule has 230 valence electrons. The first-order valence-corrected chi connectivity index (χ1v) is 16.2. The van der Waals surface area contributed by atoms with Crippen LogP contribution in [-0.2, 0) is 19.2 Å². The summed E-state index contributed by atoms with van der Waals surface area (Å²) in [5.74, 6) is -2.35. The molecule has 11 heteroatoms. The van der Waals surface area contributed by atoms with Gasteiger partial charge in [-0.25, -0.2) is 4.79 Å². The molecule has 0 bridgehead atoms. The van der Waals surface area contributed by atoms with Gasteiger partial charge < -0.3 is 26.6 Å².